The lowest BCUT2D eigenvalue weighted by Gasteiger charge is -2.09. The first kappa shape index (κ1) is 12.7. The van der Waals surface area contributed by atoms with Crippen LogP contribution in [-0.2, 0) is 22.5 Å². The average Bonchev–Trinajstić information content (AvgIpc) is 2.20. The molecule has 0 aromatic heterocycles. The molecule has 0 saturated carbocycles. The molecule has 0 radical (unpaired) electrons. The van der Waals surface area contributed by atoms with Crippen molar-refractivity contribution in [2.45, 2.75) is 19.9 Å². The van der Waals surface area contributed by atoms with Crippen molar-refractivity contribution in [2.75, 3.05) is 20.7 Å². The Morgan fingerprint density at radius 3 is 2.25 bits per heavy atom. The highest BCUT2D eigenvalue weighted by Crippen LogP contribution is 2.07. The second-order valence-corrected chi connectivity index (χ2v) is 4.04. The van der Waals surface area contributed by atoms with E-state index in [1.807, 2.05) is 33.2 Å². The lowest BCUT2D eigenvalue weighted by Crippen LogP contribution is -2.11. The molecule has 1 aromatic carbocycles. The van der Waals surface area contributed by atoms with Gasteiger partial charge in [0.05, 0.1) is 13.0 Å². The minimum atomic E-state index is -0.164. The number of carbonyl (C=O) groups excluding carboxylic acids is 1. The molecule has 0 spiro atoms. The number of benzene rings is 1. The summed E-state index contributed by atoms with van der Waals surface area (Å²) in [5, 5.41) is 0. The van der Waals surface area contributed by atoms with E-state index in [0.717, 1.165) is 12.1 Å². The van der Waals surface area contributed by atoms with E-state index in [9.17, 15) is 4.79 Å². The molecule has 0 N–H and O–H groups in total. The highest BCUT2D eigenvalue weighted by molar-refractivity contribution is 5.72. The molecule has 0 amide bonds. The molecular weight excluding hydrogens is 202 g/mol. The third kappa shape index (κ3) is 4.45. The molecule has 0 saturated heterocycles. The monoisotopic (exact) mass is 221 g/mol. The van der Waals surface area contributed by atoms with Crippen molar-refractivity contribution in [3.8, 4) is 0 Å². The first-order chi connectivity index (χ1) is 7.61. The van der Waals surface area contributed by atoms with Gasteiger partial charge in [-0.05, 0) is 32.1 Å². The number of esters is 1. The Hall–Kier alpha value is -1.35. The van der Waals surface area contributed by atoms with E-state index in [-0.39, 0.29) is 5.97 Å². The molecule has 0 unspecified atom stereocenters. The third-order valence-electron chi connectivity index (χ3n) is 2.18. The van der Waals surface area contributed by atoms with Crippen LogP contribution >= 0.6 is 0 Å². The van der Waals surface area contributed by atoms with Crippen molar-refractivity contribution in [1.29, 1.82) is 0 Å². The van der Waals surface area contributed by atoms with Crippen molar-refractivity contribution in [3.05, 3.63) is 35.4 Å². The molecule has 0 aliphatic heterocycles. The molecule has 1 rings (SSSR count). The van der Waals surface area contributed by atoms with Gasteiger partial charge in [0.25, 0.3) is 0 Å². The highest BCUT2D eigenvalue weighted by atomic mass is 16.5. The van der Waals surface area contributed by atoms with Gasteiger partial charge in [-0.15, -0.1) is 0 Å². The van der Waals surface area contributed by atoms with Gasteiger partial charge in [-0.1, -0.05) is 24.3 Å². The second-order valence-electron chi connectivity index (χ2n) is 4.04. The molecule has 0 aliphatic rings. The quantitative estimate of drug-likeness (QED) is 0.711. The van der Waals surface area contributed by atoms with Gasteiger partial charge in [-0.25, -0.2) is 0 Å². The number of ether oxygens (including phenoxy) is 1. The van der Waals surface area contributed by atoms with Crippen LogP contribution in [0.2, 0.25) is 0 Å². The number of carbonyl (C=O) groups is 1. The number of nitrogens with zero attached hydrogens (tertiary/aromatic N) is 1. The standard InChI is InChI=1S/C13H19NO2/c1-4-16-13(15)9-11-5-7-12(8-6-11)10-14(2)3/h5-8H,4,9-10H2,1-3H3. The molecule has 0 heterocycles. The maximum atomic E-state index is 11.2. The van der Waals surface area contributed by atoms with Crippen LogP contribution < -0.4 is 0 Å². The van der Waals surface area contributed by atoms with E-state index in [0.29, 0.717) is 13.0 Å². The Kier molecular flexibility index (Phi) is 4.99. The minimum absolute atomic E-state index is 0.164. The molecule has 3 nitrogen and oxygen atoms in total. The molecular formula is C13H19NO2. The predicted molar refractivity (Wildman–Crippen MR) is 64.2 cm³/mol. The van der Waals surface area contributed by atoms with Crippen molar-refractivity contribution in [1.82, 2.24) is 4.90 Å². The van der Waals surface area contributed by atoms with Gasteiger partial charge >= 0.3 is 5.97 Å². The van der Waals surface area contributed by atoms with Crippen molar-refractivity contribution < 1.29 is 9.53 Å². The van der Waals surface area contributed by atoms with E-state index < -0.39 is 0 Å². The topological polar surface area (TPSA) is 29.5 Å². The van der Waals surface area contributed by atoms with Crippen molar-refractivity contribution in [3.63, 3.8) is 0 Å². The Balaban J connectivity index is 2.54. The van der Waals surface area contributed by atoms with Gasteiger partial charge in [-0.3, -0.25) is 4.79 Å². The summed E-state index contributed by atoms with van der Waals surface area (Å²) in [7, 11) is 4.07. The first-order valence-corrected chi connectivity index (χ1v) is 5.50. The van der Waals surface area contributed by atoms with Crippen LogP contribution in [0.4, 0.5) is 0 Å². The van der Waals surface area contributed by atoms with E-state index in [4.69, 9.17) is 4.74 Å². The summed E-state index contributed by atoms with van der Waals surface area (Å²) < 4.78 is 4.89. The summed E-state index contributed by atoms with van der Waals surface area (Å²) >= 11 is 0. The summed E-state index contributed by atoms with van der Waals surface area (Å²) in [5.41, 5.74) is 2.25. The predicted octanol–water partition coefficient (Wildman–Crippen LogP) is 1.85. The largest absolute Gasteiger partial charge is 0.466 e. The Labute approximate surface area is 97.0 Å². The SMILES string of the molecule is CCOC(=O)Cc1ccc(CN(C)C)cc1. The summed E-state index contributed by atoms with van der Waals surface area (Å²) in [4.78, 5) is 13.4. The third-order valence-corrected chi connectivity index (χ3v) is 2.18. The Bertz CT molecular complexity index is 330. The van der Waals surface area contributed by atoms with Crippen LogP contribution in [0.25, 0.3) is 0 Å². The molecule has 0 aliphatic carbocycles. The first-order valence-electron chi connectivity index (χ1n) is 5.50. The minimum Gasteiger partial charge on any atom is -0.466 e. The van der Waals surface area contributed by atoms with Crippen LogP contribution in [0.3, 0.4) is 0 Å². The average molecular weight is 221 g/mol. The fourth-order valence-corrected chi connectivity index (χ4v) is 1.51. The fourth-order valence-electron chi connectivity index (χ4n) is 1.51. The molecule has 0 atom stereocenters. The smallest absolute Gasteiger partial charge is 0.310 e. The normalized spacial score (nSPS) is 10.5. The van der Waals surface area contributed by atoms with Crippen molar-refractivity contribution in [2.24, 2.45) is 0 Å². The van der Waals surface area contributed by atoms with Gasteiger partial charge in [0, 0.05) is 6.54 Å². The van der Waals surface area contributed by atoms with Gasteiger partial charge in [-0.2, -0.15) is 0 Å². The van der Waals surface area contributed by atoms with Crippen molar-refractivity contribution >= 4 is 5.97 Å². The van der Waals surface area contributed by atoms with Crippen LogP contribution in [-0.4, -0.2) is 31.6 Å². The molecule has 3 heteroatoms. The zero-order valence-electron chi connectivity index (χ0n) is 10.2. The van der Waals surface area contributed by atoms with E-state index in [1.54, 1.807) is 0 Å². The maximum Gasteiger partial charge on any atom is 0.310 e. The van der Waals surface area contributed by atoms with Gasteiger partial charge < -0.3 is 9.64 Å². The zero-order chi connectivity index (χ0) is 12.0. The van der Waals surface area contributed by atoms with Crippen LogP contribution in [0.5, 0.6) is 0 Å². The van der Waals surface area contributed by atoms with E-state index >= 15 is 0 Å². The molecule has 16 heavy (non-hydrogen) atoms. The van der Waals surface area contributed by atoms with E-state index in [1.165, 1.54) is 5.56 Å². The lowest BCUT2D eigenvalue weighted by atomic mass is 10.1. The molecule has 0 fully saturated rings. The number of rotatable bonds is 5. The Morgan fingerprint density at radius 1 is 1.19 bits per heavy atom. The summed E-state index contributed by atoms with van der Waals surface area (Å²) in [6.45, 7) is 3.18. The van der Waals surface area contributed by atoms with E-state index in [2.05, 4.69) is 17.0 Å². The van der Waals surface area contributed by atoms with Crippen LogP contribution in [0.1, 0.15) is 18.1 Å². The second kappa shape index (κ2) is 6.28. The summed E-state index contributed by atoms with van der Waals surface area (Å²) in [6.07, 6.45) is 0.357. The molecule has 1 aromatic rings. The number of hydrogen-bond acceptors (Lipinski definition) is 3. The molecule has 88 valence electrons. The molecule has 0 bridgehead atoms. The summed E-state index contributed by atoms with van der Waals surface area (Å²) in [5.74, 6) is -0.164. The number of hydrogen-bond donors (Lipinski definition) is 0. The summed E-state index contributed by atoms with van der Waals surface area (Å²) in [6, 6.07) is 8.06. The maximum absolute atomic E-state index is 11.2. The lowest BCUT2D eigenvalue weighted by molar-refractivity contribution is -0.142. The van der Waals surface area contributed by atoms with Crippen LogP contribution in [0, 0.1) is 0 Å². The Morgan fingerprint density at radius 2 is 1.75 bits per heavy atom. The van der Waals surface area contributed by atoms with Crippen LogP contribution in [0.15, 0.2) is 24.3 Å². The van der Waals surface area contributed by atoms with Gasteiger partial charge in [0.1, 0.15) is 0 Å². The van der Waals surface area contributed by atoms with Gasteiger partial charge in [0.15, 0.2) is 0 Å². The fraction of sp³-hybridized carbons (Fsp3) is 0.462. The zero-order valence-corrected chi connectivity index (χ0v) is 10.2. The highest BCUT2D eigenvalue weighted by Gasteiger charge is 2.03. The van der Waals surface area contributed by atoms with Gasteiger partial charge in [0.2, 0.25) is 0 Å².